The van der Waals surface area contributed by atoms with Gasteiger partial charge >= 0.3 is 0 Å². The van der Waals surface area contributed by atoms with E-state index < -0.39 is 0 Å². The normalized spacial score (nSPS) is 39.3. The Labute approximate surface area is 146 Å². The van der Waals surface area contributed by atoms with Crippen LogP contribution in [0.1, 0.15) is 26.2 Å². The minimum absolute atomic E-state index is 0.0655. The Balaban J connectivity index is 1.43. The Morgan fingerprint density at radius 3 is 2.92 bits per heavy atom. The quantitative estimate of drug-likeness (QED) is 0.589. The van der Waals surface area contributed by atoms with Gasteiger partial charge in [-0.15, -0.1) is 11.8 Å². The second kappa shape index (κ2) is 6.35. The number of β-lactam (4-membered cyclic amide) rings is 1. The number of hydrogen-bond acceptors (Lipinski definition) is 6. The van der Waals surface area contributed by atoms with E-state index in [1.807, 2.05) is 11.8 Å². The molecule has 4 rings (SSSR count). The summed E-state index contributed by atoms with van der Waals surface area (Å²) in [6.07, 6.45) is 2.98. The van der Waals surface area contributed by atoms with Gasteiger partial charge in [0.25, 0.3) is 6.47 Å². The topological polar surface area (TPSA) is 61.9 Å². The van der Waals surface area contributed by atoms with Crippen LogP contribution < -0.4 is 5.32 Å². The Morgan fingerprint density at radius 1 is 1.42 bits per heavy atom. The molecule has 132 valence electrons. The lowest BCUT2D eigenvalue weighted by Crippen LogP contribution is -2.51. The van der Waals surface area contributed by atoms with E-state index in [0.29, 0.717) is 30.1 Å². The molecular weight excluding hydrogens is 326 g/mol. The first-order valence-corrected chi connectivity index (χ1v) is 9.71. The summed E-state index contributed by atoms with van der Waals surface area (Å²) < 4.78 is 5.20. The van der Waals surface area contributed by atoms with Gasteiger partial charge in [-0.1, -0.05) is 6.92 Å². The van der Waals surface area contributed by atoms with E-state index in [0.717, 1.165) is 23.8 Å². The van der Waals surface area contributed by atoms with E-state index in [4.69, 9.17) is 4.74 Å². The molecule has 7 heteroatoms. The zero-order valence-corrected chi connectivity index (χ0v) is 15.1. The summed E-state index contributed by atoms with van der Waals surface area (Å²) in [7, 11) is 2.19. The summed E-state index contributed by atoms with van der Waals surface area (Å²) >= 11 is 1.81. The number of hydrogen-bond donors (Lipinski definition) is 1. The van der Waals surface area contributed by atoms with Gasteiger partial charge in [0.1, 0.15) is 0 Å². The number of carbonyl (C=O) groups is 2. The van der Waals surface area contributed by atoms with Crippen LogP contribution >= 0.6 is 11.8 Å². The Bertz CT molecular complexity index is 581. The standard InChI is InChI=1S/C17H25N3O3S/c1-10-14-6-15(22)20(14)17(23-9-21)16(10)24-12-5-13(18-7-12)11-3-4-19(2)8-11/h9-14,18H,3-8H2,1-2H3/t10?,11?,12?,13-,14?/m0/s1. The fraction of sp³-hybridized carbons (Fsp3) is 0.765. The molecule has 5 atom stereocenters. The summed E-state index contributed by atoms with van der Waals surface area (Å²) in [6.45, 7) is 5.94. The number of fused-ring (bicyclic) bond motifs is 1. The van der Waals surface area contributed by atoms with Crippen molar-refractivity contribution in [3.63, 3.8) is 0 Å². The third-order valence-corrected chi connectivity index (χ3v) is 7.47. The number of nitrogens with one attached hydrogen (secondary N) is 1. The summed E-state index contributed by atoms with van der Waals surface area (Å²) in [4.78, 5) is 27.9. The third-order valence-electron chi connectivity index (χ3n) is 5.98. The zero-order valence-electron chi connectivity index (χ0n) is 14.2. The molecule has 1 N–H and O–H groups in total. The lowest BCUT2D eigenvalue weighted by Gasteiger charge is -2.36. The van der Waals surface area contributed by atoms with Crippen LogP contribution in [0.25, 0.3) is 0 Å². The molecule has 0 bridgehead atoms. The molecule has 0 spiro atoms. The summed E-state index contributed by atoms with van der Waals surface area (Å²) in [5.41, 5.74) is 0. The van der Waals surface area contributed by atoms with Crippen LogP contribution in [-0.2, 0) is 14.3 Å². The van der Waals surface area contributed by atoms with Gasteiger partial charge < -0.3 is 15.0 Å². The van der Waals surface area contributed by atoms with Crippen molar-refractivity contribution in [2.45, 2.75) is 43.5 Å². The number of carbonyl (C=O) groups excluding carboxylic acids is 2. The van der Waals surface area contributed by atoms with Gasteiger partial charge in [0.2, 0.25) is 11.8 Å². The maximum absolute atomic E-state index is 11.9. The van der Waals surface area contributed by atoms with Crippen LogP contribution in [0.3, 0.4) is 0 Å². The van der Waals surface area contributed by atoms with Crippen molar-refractivity contribution in [1.82, 2.24) is 15.1 Å². The molecule has 0 aliphatic carbocycles. The minimum atomic E-state index is 0.0655. The SMILES string of the molecule is CC1C(SC2CN[C@H](C3CCN(C)C3)C2)=C(OC=O)N2C(=O)CC12. The van der Waals surface area contributed by atoms with Crippen LogP contribution in [0.5, 0.6) is 0 Å². The lowest BCUT2D eigenvalue weighted by molar-refractivity contribution is -0.148. The monoisotopic (exact) mass is 351 g/mol. The smallest absolute Gasteiger partial charge is 0.299 e. The van der Waals surface area contributed by atoms with E-state index in [2.05, 4.69) is 24.2 Å². The molecule has 4 heterocycles. The van der Waals surface area contributed by atoms with Crippen molar-refractivity contribution in [3.8, 4) is 0 Å². The number of nitrogens with zero attached hydrogens (tertiary/aromatic N) is 2. The summed E-state index contributed by atoms with van der Waals surface area (Å²) in [5.74, 6) is 1.56. The first-order valence-electron chi connectivity index (χ1n) is 8.83. The van der Waals surface area contributed by atoms with Crippen LogP contribution in [0, 0.1) is 11.8 Å². The molecule has 4 unspecified atom stereocenters. The Kier molecular flexibility index (Phi) is 4.34. The van der Waals surface area contributed by atoms with Crippen molar-refractivity contribution in [2.24, 2.45) is 11.8 Å². The largest absolute Gasteiger partial charge is 0.411 e. The zero-order chi connectivity index (χ0) is 16.8. The van der Waals surface area contributed by atoms with Crippen LogP contribution in [-0.4, -0.2) is 66.2 Å². The average molecular weight is 351 g/mol. The fourth-order valence-corrected chi connectivity index (χ4v) is 6.03. The molecular formula is C17H25N3O3S. The average Bonchev–Trinajstić information content (AvgIpc) is 3.21. The van der Waals surface area contributed by atoms with Crippen LogP contribution in [0.4, 0.5) is 0 Å². The number of ether oxygens (including phenoxy) is 1. The second-order valence-corrected chi connectivity index (χ2v) is 8.85. The van der Waals surface area contributed by atoms with Crippen LogP contribution in [0.15, 0.2) is 10.8 Å². The number of rotatable bonds is 5. The van der Waals surface area contributed by atoms with Gasteiger partial charge in [-0.05, 0) is 32.4 Å². The molecule has 0 radical (unpaired) electrons. The highest BCUT2D eigenvalue weighted by Gasteiger charge is 2.51. The summed E-state index contributed by atoms with van der Waals surface area (Å²) in [5, 5.41) is 4.17. The molecule has 6 nitrogen and oxygen atoms in total. The predicted molar refractivity (Wildman–Crippen MR) is 92.0 cm³/mol. The van der Waals surface area contributed by atoms with Gasteiger partial charge in [0, 0.05) is 36.7 Å². The van der Waals surface area contributed by atoms with Gasteiger partial charge in [-0.25, -0.2) is 0 Å². The van der Waals surface area contributed by atoms with Gasteiger partial charge in [0.15, 0.2) is 0 Å². The Morgan fingerprint density at radius 2 is 2.25 bits per heavy atom. The van der Waals surface area contributed by atoms with Crippen molar-refractivity contribution < 1.29 is 14.3 Å². The molecule has 0 aromatic rings. The maximum Gasteiger partial charge on any atom is 0.299 e. The Hall–Kier alpha value is -1.05. The minimum Gasteiger partial charge on any atom is -0.411 e. The van der Waals surface area contributed by atoms with Gasteiger partial charge in [-0.3, -0.25) is 14.5 Å². The van der Waals surface area contributed by atoms with E-state index in [9.17, 15) is 9.59 Å². The van der Waals surface area contributed by atoms with E-state index in [1.54, 1.807) is 4.90 Å². The van der Waals surface area contributed by atoms with Crippen molar-refractivity contribution in [2.75, 3.05) is 26.7 Å². The molecule has 24 heavy (non-hydrogen) atoms. The van der Waals surface area contributed by atoms with Crippen molar-refractivity contribution in [3.05, 3.63) is 10.8 Å². The van der Waals surface area contributed by atoms with E-state index in [-0.39, 0.29) is 17.9 Å². The number of amides is 1. The molecule has 1 amide bonds. The predicted octanol–water partition coefficient (Wildman–Crippen LogP) is 0.994. The first-order chi connectivity index (χ1) is 11.6. The highest BCUT2D eigenvalue weighted by atomic mass is 32.2. The second-order valence-electron chi connectivity index (χ2n) is 7.51. The highest BCUT2D eigenvalue weighted by molar-refractivity contribution is 8.03. The molecule has 4 aliphatic rings. The maximum atomic E-state index is 11.9. The van der Waals surface area contributed by atoms with Crippen LogP contribution in [0.2, 0.25) is 0 Å². The third kappa shape index (κ3) is 2.66. The number of likely N-dealkylation sites (tertiary alicyclic amines) is 1. The molecule has 3 fully saturated rings. The van der Waals surface area contributed by atoms with Crippen molar-refractivity contribution in [1.29, 1.82) is 0 Å². The lowest BCUT2D eigenvalue weighted by atomic mass is 9.94. The molecule has 0 saturated carbocycles. The fourth-order valence-electron chi connectivity index (χ4n) is 4.57. The molecule has 0 aromatic heterocycles. The van der Waals surface area contributed by atoms with Crippen molar-refractivity contribution >= 4 is 24.1 Å². The van der Waals surface area contributed by atoms with E-state index >= 15 is 0 Å². The first kappa shape index (κ1) is 16.4. The number of thioether (sulfide) groups is 1. The highest BCUT2D eigenvalue weighted by Crippen LogP contribution is 2.49. The molecule has 0 aromatic carbocycles. The molecule has 4 aliphatic heterocycles. The molecule has 3 saturated heterocycles. The van der Waals surface area contributed by atoms with Gasteiger partial charge in [0.05, 0.1) is 10.9 Å². The van der Waals surface area contributed by atoms with Gasteiger partial charge in [-0.2, -0.15) is 0 Å². The summed E-state index contributed by atoms with van der Waals surface area (Å²) in [6, 6.07) is 0.766. The van der Waals surface area contributed by atoms with E-state index in [1.165, 1.54) is 19.5 Å².